The Hall–Kier alpha value is -3.16. The maximum absolute atomic E-state index is 12.0. The normalized spacial score (nSPS) is 17.8. The van der Waals surface area contributed by atoms with Gasteiger partial charge in [0.1, 0.15) is 6.26 Å². The second-order valence-electron chi connectivity index (χ2n) is 5.12. The van der Waals surface area contributed by atoms with Crippen molar-refractivity contribution in [3.63, 3.8) is 0 Å². The minimum atomic E-state index is -0.377. The predicted molar refractivity (Wildman–Crippen MR) is 82.6 cm³/mol. The summed E-state index contributed by atoms with van der Waals surface area (Å²) in [4.78, 5) is 29.5. The molecule has 2 aromatic rings. The number of carbonyl (C=O) groups is 2. The lowest BCUT2D eigenvalue weighted by Crippen LogP contribution is -2.42. The molecule has 2 heterocycles. The molecule has 1 aromatic heterocycles. The largest absolute Gasteiger partial charge is 0.369 e. The van der Waals surface area contributed by atoms with E-state index in [1.54, 1.807) is 25.2 Å². The number of amides is 2. The van der Waals surface area contributed by atoms with E-state index >= 15 is 0 Å². The number of hydrogen-bond donors (Lipinski definition) is 2. The summed E-state index contributed by atoms with van der Waals surface area (Å²) in [5.74, 6) is -0.291. The molecule has 3 N–H and O–H groups in total. The zero-order valence-electron chi connectivity index (χ0n) is 12.4. The molecule has 8 nitrogen and oxygen atoms in total. The Balaban J connectivity index is 1.80. The van der Waals surface area contributed by atoms with Gasteiger partial charge in [-0.25, -0.2) is 4.99 Å². The van der Waals surface area contributed by atoms with Crippen LogP contribution in [0.3, 0.4) is 0 Å². The molecular formula is C15H15N5O3. The predicted octanol–water partition coefficient (Wildman–Crippen LogP) is 1.14. The number of nitrogens with one attached hydrogen (secondary N) is 1. The SMILES string of the molecule is CN1C(=O)CC(c2cccc(NC(=O)c3ccon3)c2)N=C1N. The molecule has 1 unspecified atom stereocenters. The first-order valence-electron chi connectivity index (χ1n) is 6.96. The van der Waals surface area contributed by atoms with E-state index in [1.165, 1.54) is 17.2 Å². The molecule has 1 aliphatic heterocycles. The highest BCUT2D eigenvalue weighted by Gasteiger charge is 2.25. The molecule has 0 fully saturated rings. The summed E-state index contributed by atoms with van der Waals surface area (Å²) in [5, 5.41) is 6.30. The average Bonchev–Trinajstić information content (AvgIpc) is 3.07. The molecule has 8 heteroatoms. The number of nitrogens with two attached hydrogens (primary N) is 1. The second kappa shape index (κ2) is 5.91. The molecule has 2 amide bonds. The van der Waals surface area contributed by atoms with Crippen molar-refractivity contribution in [1.29, 1.82) is 0 Å². The van der Waals surface area contributed by atoms with Gasteiger partial charge >= 0.3 is 0 Å². The van der Waals surface area contributed by atoms with E-state index in [1.807, 2.05) is 6.07 Å². The summed E-state index contributed by atoms with van der Waals surface area (Å²) >= 11 is 0. The number of guanidine groups is 1. The number of anilines is 1. The third-order valence-electron chi connectivity index (χ3n) is 3.57. The summed E-state index contributed by atoms with van der Waals surface area (Å²) in [6, 6.07) is 8.24. The van der Waals surface area contributed by atoms with Crippen LogP contribution in [-0.2, 0) is 4.79 Å². The molecular weight excluding hydrogens is 298 g/mol. The highest BCUT2D eigenvalue weighted by atomic mass is 16.5. The number of aromatic nitrogens is 1. The number of hydrogen-bond acceptors (Lipinski definition) is 6. The van der Waals surface area contributed by atoms with E-state index in [9.17, 15) is 9.59 Å². The van der Waals surface area contributed by atoms with Crippen molar-refractivity contribution in [2.45, 2.75) is 12.5 Å². The average molecular weight is 313 g/mol. The van der Waals surface area contributed by atoms with Gasteiger partial charge in [-0.1, -0.05) is 17.3 Å². The topological polar surface area (TPSA) is 114 Å². The van der Waals surface area contributed by atoms with Gasteiger partial charge in [0, 0.05) is 18.8 Å². The smallest absolute Gasteiger partial charge is 0.277 e. The fourth-order valence-electron chi connectivity index (χ4n) is 2.26. The number of benzene rings is 1. The van der Waals surface area contributed by atoms with E-state index in [-0.39, 0.29) is 35.9 Å². The Morgan fingerprint density at radius 3 is 2.96 bits per heavy atom. The van der Waals surface area contributed by atoms with Crippen LogP contribution in [0.25, 0.3) is 0 Å². The Labute approximate surface area is 132 Å². The molecule has 3 rings (SSSR count). The molecule has 0 saturated carbocycles. The summed E-state index contributed by atoms with van der Waals surface area (Å²) in [7, 11) is 1.59. The number of carbonyl (C=O) groups excluding carboxylic acids is 2. The van der Waals surface area contributed by atoms with E-state index in [4.69, 9.17) is 5.73 Å². The molecule has 0 bridgehead atoms. The standard InChI is InChI=1S/C15H15N5O3/c1-20-13(21)8-12(18-15(20)16)9-3-2-4-10(7-9)17-14(22)11-5-6-23-19-11/h2-7,12H,8H2,1H3,(H2,16,18)(H,17,22). The van der Waals surface area contributed by atoms with Crippen LogP contribution >= 0.6 is 0 Å². The number of rotatable bonds is 3. The van der Waals surface area contributed by atoms with Crippen LogP contribution in [0.5, 0.6) is 0 Å². The maximum atomic E-state index is 12.0. The van der Waals surface area contributed by atoms with Crippen LogP contribution < -0.4 is 11.1 Å². The summed E-state index contributed by atoms with van der Waals surface area (Å²) < 4.78 is 4.64. The molecule has 0 radical (unpaired) electrons. The van der Waals surface area contributed by atoms with Gasteiger partial charge in [0.15, 0.2) is 11.7 Å². The molecule has 0 saturated heterocycles. The summed E-state index contributed by atoms with van der Waals surface area (Å²) in [5.41, 5.74) is 7.31. The van der Waals surface area contributed by atoms with Gasteiger partial charge in [-0.05, 0) is 17.7 Å². The zero-order chi connectivity index (χ0) is 16.4. The first kappa shape index (κ1) is 14.8. The lowest BCUT2D eigenvalue weighted by atomic mass is 10.0. The van der Waals surface area contributed by atoms with E-state index < -0.39 is 0 Å². The van der Waals surface area contributed by atoms with E-state index in [0.29, 0.717) is 5.69 Å². The third-order valence-corrected chi connectivity index (χ3v) is 3.57. The molecule has 118 valence electrons. The van der Waals surface area contributed by atoms with Crippen molar-refractivity contribution in [3.8, 4) is 0 Å². The van der Waals surface area contributed by atoms with Crippen LogP contribution in [0.1, 0.15) is 28.5 Å². The van der Waals surface area contributed by atoms with Gasteiger partial charge in [-0.3, -0.25) is 14.5 Å². The van der Waals surface area contributed by atoms with E-state index in [2.05, 4.69) is 20.0 Å². The lowest BCUT2D eigenvalue weighted by Gasteiger charge is -2.25. The maximum Gasteiger partial charge on any atom is 0.277 e. The minimum Gasteiger partial charge on any atom is -0.369 e. The first-order valence-corrected chi connectivity index (χ1v) is 6.96. The second-order valence-corrected chi connectivity index (χ2v) is 5.12. The van der Waals surface area contributed by atoms with Gasteiger partial charge in [-0.2, -0.15) is 0 Å². The summed E-state index contributed by atoms with van der Waals surface area (Å²) in [6.45, 7) is 0. The molecule has 1 atom stereocenters. The van der Waals surface area contributed by atoms with Crippen molar-refractivity contribution in [2.24, 2.45) is 10.7 Å². The van der Waals surface area contributed by atoms with Gasteiger partial charge in [0.25, 0.3) is 5.91 Å². The van der Waals surface area contributed by atoms with Crippen molar-refractivity contribution < 1.29 is 14.1 Å². The van der Waals surface area contributed by atoms with Crippen molar-refractivity contribution >= 4 is 23.5 Å². The van der Waals surface area contributed by atoms with Crippen LogP contribution in [0.4, 0.5) is 5.69 Å². The Bertz CT molecular complexity index is 769. The molecule has 1 aromatic carbocycles. The lowest BCUT2D eigenvalue weighted by molar-refractivity contribution is -0.127. The van der Waals surface area contributed by atoms with Crippen molar-refractivity contribution in [1.82, 2.24) is 10.1 Å². The first-order chi connectivity index (χ1) is 11.0. The third kappa shape index (κ3) is 3.05. The van der Waals surface area contributed by atoms with E-state index in [0.717, 1.165) is 5.56 Å². The van der Waals surface area contributed by atoms with Crippen molar-refractivity contribution in [3.05, 3.63) is 47.9 Å². The van der Waals surface area contributed by atoms with Crippen LogP contribution in [0.15, 0.2) is 46.1 Å². The molecule has 1 aliphatic rings. The highest BCUT2D eigenvalue weighted by Crippen LogP contribution is 2.27. The molecule has 0 aliphatic carbocycles. The fraction of sp³-hybridized carbons (Fsp3) is 0.200. The van der Waals surface area contributed by atoms with Crippen LogP contribution in [-0.4, -0.2) is 34.9 Å². The van der Waals surface area contributed by atoms with Gasteiger partial charge in [0.05, 0.1) is 12.5 Å². The minimum absolute atomic E-state index is 0.0977. The van der Waals surface area contributed by atoms with Crippen LogP contribution in [0, 0.1) is 0 Å². The molecule has 23 heavy (non-hydrogen) atoms. The summed E-state index contributed by atoms with van der Waals surface area (Å²) in [6.07, 6.45) is 1.56. The monoisotopic (exact) mass is 313 g/mol. The molecule has 0 spiro atoms. The fourth-order valence-corrected chi connectivity index (χ4v) is 2.26. The number of aliphatic imine (C=N–C) groups is 1. The van der Waals surface area contributed by atoms with Gasteiger partial charge in [0.2, 0.25) is 5.91 Å². The van der Waals surface area contributed by atoms with Crippen molar-refractivity contribution in [2.75, 3.05) is 12.4 Å². The highest BCUT2D eigenvalue weighted by molar-refractivity contribution is 6.02. The van der Waals surface area contributed by atoms with Gasteiger partial charge in [-0.15, -0.1) is 0 Å². The quantitative estimate of drug-likeness (QED) is 0.882. The van der Waals surface area contributed by atoms with Gasteiger partial charge < -0.3 is 15.6 Å². The Morgan fingerprint density at radius 2 is 2.26 bits per heavy atom. The Kier molecular flexibility index (Phi) is 3.80. The number of nitrogens with zero attached hydrogens (tertiary/aromatic N) is 3. The zero-order valence-corrected chi connectivity index (χ0v) is 12.4. The van der Waals surface area contributed by atoms with Crippen LogP contribution in [0.2, 0.25) is 0 Å². The Morgan fingerprint density at radius 1 is 1.43 bits per heavy atom.